The van der Waals surface area contributed by atoms with Crippen LogP contribution in [0.15, 0.2) is 54.6 Å². The third kappa shape index (κ3) is 2.56. The Bertz CT molecular complexity index is 756. The van der Waals surface area contributed by atoms with Crippen molar-refractivity contribution >= 4 is 35.3 Å². The van der Waals surface area contributed by atoms with Crippen LogP contribution in [0, 0.1) is 0 Å². The first-order valence-corrected chi connectivity index (χ1v) is 10.9. The van der Waals surface area contributed by atoms with E-state index in [1.807, 2.05) is 0 Å². The van der Waals surface area contributed by atoms with Crippen LogP contribution in [0.1, 0.15) is 0 Å². The average molecular weight is 279 g/mol. The Morgan fingerprint density at radius 3 is 2.10 bits per heavy atom. The van der Waals surface area contributed by atoms with Crippen molar-refractivity contribution in [2.24, 2.45) is 0 Å². The zero-order valence-electron chi connectivity index (χ0n) is 12.4. The van der Waals surface area contributed by atoms with Gasteiger partial charge in [0.1, 0.15) is 0 Å². The maximum atomic E-state index is 3.68. The lowest BCUT2D eigenvalue weighted by Crippen LogP contribution is -2.31. The first kappa shape index (κ1) is 13.2. The molecule has 3 aromatic carbocycles. The Morgan fingerprint density at radius 2 is 1.40 bits per heavy atom. The molecule has 102 valence electrons. The number of benzene rings is 3. The zero-order chi connectivity index (χ0) is 14.2. The quantitative estimate of drug-likeness (QED) is 0.508. The van der Waals surface area contributed by atoms with Gasteiger partial charge in [0.05, 0.1) is 8.07 Å². The maximum Gasteiger partial charge on any atom is 0.0662 e. The second-order valence-electron chi connectivity index (χ2n) is 6.61. The van der Waals surface area contributed by atoms with E-state index in [0.29, 0.717) is 0 Å². The predicted molar refractivity (Wildman–Crippen MR) is 93.3 cm³/mol. The summed E-state index contributed by atoms with van der Waals surface area (Å²) in [4.78, 5) is 0. The Kier molecular flexibility index (Phi) is 3.26. The van der Waals surface area contributed by atoms with Crippen LogP contribution in [0.3, 0.4) is 0 Å². The fourth-order valence-electron chi connectivity index (χ4n) is 2.56. The van der Waals surface area contributed by atoms with E-state index >= 15 is 0 Å². The molecule has 1 N–H and O–H groups in total. The zero-order valence-corrected chi connectivity index (χ0v) is 13.4. The minimum Gasteiger partial charge on any atom is -0.387 e. The number of hydrogen-bond donors (Lipinski definition) is 1. The van der Waals surface area contributed by atoms with Gasteiger partial charge in [-0.25, -0.2) is 0 Å². The summed E-state index contributed by atoms with van der Waals surface area (Å²) in [5.41, 5.74) is 1.27. The van der Waals surface area contributed by atoms with Gasteiger partial charge in [0.25, 0.3) is 0 Å². The third-order valence-electron chi connectivity index (χ3n) is 3.58. The largest absolute Gasteiger partial charge is 0.387 e. The van der Waals surface area contributed by atoms with E-state index in [4.69, 9.17) is 0 Å². The molecular formula is C18H21NSi. The van der Waals surface area contributed by atoms with E-state index in [0.717, 1.165) is 6.17 Å². The topological polar surface area (TPSA) is 12.0 Å². The number of anilines is 1. The van der Waals surface area contributed by atoms with Crippen molar-refractivity contribution in [1.82, 2.24) is 0 Å². The van der Waals surface area contributed by atoms with Crippen molar-refractivity contribution in [2.75, 3.05) is 11.5 Å². The van der Waals surface area contributed by atoms with E-state index in [2.05, 4.69) is 79.6 Å². The normalized spacial score (nSPS) is 11.9. The maximum absolute atomic E-state index is 3.68. The van der Waals surface area contributed by atoms with Gasteiger partial charge in [0.2, 0.25) is 0 Å². The third-order valence-corrected chi connectivity index (χ3v) is 4.81. The van der Waals surface area contributed by atoms with Crippen molar-refractivity contribution < 1.29 is 0 Å². The number of nitrogens with one attached hydrogen (secondary N) is 1. The minimum atomic E-state index is -1.11. The fraction of sp³-hybridized carbons (Fsp3) is 0.222. The highest BCUT2D eigenvalue weighted by atomic mass is 28.3. The van der Waals surface area contributed by atoms with Gasteiger partial charge in [0.15, 0.2) is 0 Å². The van der Waals surface area contributed by atoms with Crippen molar-refractivity contribution in [3.8, 4) is 0 Å². The van der Waals surface area contributed by atoms with Gasteiger partial charge in [-0.05, 0) is 22.2 Å². The number of hydrogen-bond acceptors (Lipinski definition) is 1. The van der Waals surface area contributed by atoms with E-state index < -0.39 is 8.07 Å². The van der Waals surface area contributed by atoms with Crippen LogP contribution in [0.25, 0.3) is 21.5 Å². The molecule has 0 saturated carbocycles. The lowest BCUT2D eigenvalue weighted by molar-refractivity contribution is 1.38. The van der Waals surface area contributed by atoms with Gasteiger partial charge < -0.3 is 5.32 Å². The van der Waals surface area contributed by atoms with Crippen LogP contribution in [0.4, 0.5) is 5.69 Å². The molecule has 0 aliphatic carbocycles. The van der Waals surface area contributed by atoms with Gasteiger partial charge in [-0.1, -0.05) is 68.2 Å². The Balaban J connectivity index is 2.19. The minimum absolute atomic E-state index is 1.11. The summed E-state index contributed by atoms with van der Waals surface area (Å²) < 4.78 is 0. The molecular weight excluding hydrogens is 258 g/mol. The summed E-state index contributed by atoms with van der Waals surface area (Å²) in [6.07, 6.45) is 1.11. The summed E-state index contributed by atoms with van der Waals surface area (Å²) in [6.45, 7) is 7.18. The summed E-state index contributed by atoms with van der Waals surface area (Å²) >= 11 is 0. The molecule has 0 spiro atoms. The number of fused-ring (bicyclic) bond motifs is 3. The van der Waals surface area contributed by atoms with Crippen molar-refractivity contribution in [3.05, 3.63) is 54.6 Å². The standard InChI is InChI=1S/C18H21NSi/c1-20(2,3)13-19-18-12-14-8-4-5-9-15(14)16-10-6-7-11-17(16)18/h4-12,19H,13H2,1-3H3. The van der Waals surface area contributed by atoms with Gasteiger partial charge in [-0.3, -0.25) is 0 Å². The van der Waals surface area contributed by atoms with Crippen LogP contribution in [-0.4, -0.2) is 14.2 Å². The highest BCUT2D eigenvalue weighted by molar-refractivity contribution is 6.76. The van der Waals surface area contributed by atoms with E-state index in [1.165, 1.54) is 27.2 Å². The Labute approximate surface area is 121 Å². The van der Waals surface area contributed by atoms with E-state index in [-0.39, 0.29) is 0 Å². The molecule has 0 aliphatic rings. The molecule has 0 aromatic heterocycles. The second kappa shape index (κ2) is 4.95. The molecule has 0 bridgehead atoms. The van der Waals surface area contributed by atoms with Crippen molar-refractivity contribution in [1.29, 1.82) is 0 Å². The Morgan fingerprint density at radius 1 is 0.800 bits per heavy atom. The van der Waals surface area contributed by atoms with Crippen LogP contribution in [0.5, 0.6) is 0 Å². The predicted octanol–water partition coefficient (Wildman–Crippen LogP) is 5.28. The molecule has 1 nitrogen and oxygen atoms in total. The van der Waals surface area contributed by atoms with Crippen LogP contribution < -0.4 is 5.32 Å². The molecule has 0 heterocycles. The van der Waals surface area contributed by atoms with Gasteiger partial charge in [-0.15, -0.1) is 0 Å². The first-order valence-electron chi connectivity index (χ1n) is 7.19. The summed E-state index contributed by atoms with van der Waals surface area (Å²) in [6, 6.07) is 19.6. The van der Waals surface area contributed by atoms with Crippen LogP contribution in [0.2, 0.25) is 19.6 Å². The summed E-state index contributed by atoms with van der Waals surface area (Å²) in [7, 11) is -1.11. The second-order valence-corrected chi connectivity index (χ2v) is 12.1. The highest BCUT2D eigenvalue weighted by Crippen LogP contribution is 2.31. The van der Waals surface area contributed by atoms with Gasteiger partial charge >= 0.3 is 0 Å². The molecule has 0 amide bonds. The monoisotopic (exact) mass is 279 g/mol. The molecule has 2 heteroatoms. The highest BCUT2D eigenvalue weighted by Gasteiger charge is 2.13. The van der Waals surface area contributed by atoms with Gasteiger partial charge in [0, 0.05) is 17.2 Å². The number of rotatable bonds is 3. The van der Waals surface area contributed by atoms with Crippen molar-refractivity contribution in [2.45, 2.75) is 19.6 Å². The van der Waals surface area contributed by atoms with E-state index in [9.17, 15) is 0 Å². The van der Waals surface area contributed by atoms with Crippen LogP contribution >= 0.6 is 0 Å². The summed E-state index contributed by atoms with van der Waals surface area (Å²) in [5.74, 6) is 0. The average Bonchev–Trinajstić information content (AvgIpc) is 2.44. The molecule has 0 saturated heterocycles. The lowest BCUT2D eigenvalue weighted by Gasteiger charge is -2.19. The van der Waals surface area contributed by atoms with Gasteiger partial charge in [-0.2, -0.15) is 0 Å². The molecule has 0 unspecified atom stereocenters. The van der Waals surface area contributed by atoms with E-state index in [1.54, 1.807) is 0 Å². The fourth-order valence-corrected chi connectivity index (χ4v) is 3.28. The molecule has 0 fully saturated rings. The molecule has 0 atom stereocenters. The molecule has 20 heavy (non-hydrogen) atoms. The van der Waals surface area contributed by atoms with Crippen LogP contribution in [-0.2, 0) is 0 Å². The SMILES string of the molecule is C[Si](C)(C)CNc1cc2ccccc2c2ccccc12. The summed E-state index contributed by atoms with van der Waals surface area (Å²) in [5, 5.41) is 8.99. The molecule has 3 rings (SSSR count). The van der Waals surface area contributed by atoms with Crippen molar-refractivity contribution in [3.63, 3.8) is 0 Å². The first-order chi connectivity index (χ1) is 9.54. The molecule has 0 radical (unpaired) electrons. The lowest BCUT2D eigenvalue weighted by atomic mass is 10.0. The molecule has 3 aromatic rings. The smallest absolute Gasteiger partial charge is 0.0662 e. The Hall–Kier alpha value is -1.80. The molecule has 0 aliphatic heterocycles.